The van der Waals surface area contributed by atoms with Crippen LogP contribution in [-0.2, 0) is 34.4 Å². The van der Waals surface area contributed by atoms with Crippen molar-refractivity contribution in [2.45, 2.75) is 65.0 Å². The highest BCUT2D eigenvalue weighted by molar-refractivity contribution is 5.89. The minimum Gasteiger partial charge on any atom is -0.460 e. The Morgan fingerprint density at radius 3 is 1.75 bits per heavy atom. The van der Waals surface area contributed by atoms with E-state index in [1.54, 1.807) is 102 Å². The number of ether oxygens (including phenoxy) is 8. The molecule has 0 aliphatic heterocycles. The van der Waals surface area contributed by atoms with E-state index in [-0.39, 0.29) is 49.1 Å². The van der Waals surface area contributed by atoms with Gasteiger partial charge in [0, 0.05) is 11.1 Å². The largest absolute Gasteiger partial charge is 0.514 e. The van der Waals surface area contributed by atoms with E-state index in [2.05, 4.69) is 0 Å². The van der Waals surface area contributed by atoms with Crippen LogP contribution in [0.25, 0.3) is 0 Å². The predicted octanol–water partition coefficient (Wildman–Crippen LogP) is 6.01. The minimum absolute atomic E-state index is 0.125. The normalized spacial score (nSPS) is 13.5. The quantitative estimate of drug-likeness (QED) is 0.0673. The topological polar surface area (TPSA) is 166 Å². The van der Waals surface area contributed by atoms with Gasteiger partial charge in [0.05, 0.1) is 25.4 Å². The van der Waals surface area contributed by atoms with Gasteiger partial charge in [-0.1, -0.05) is 48.5 Å². The highest BCUT2D eigenvalue weighted by Crippen LogP contribution is 2.33. The molecular weight excluding hydrogens is 628 g/mol. The second kappa shape index (κ2) is 17.0. The van der Waals surface area contributed by atoms with Crippen LogP contribution in [0.2, 0.25) is 0 Å². The highest BCUT2D eigenvalue weighted by atomic mass is 16.8. The molecule has 13 nitrogen and oxygen atoms in total. The molecule has 0 spiro atoms. The van der Waals surface area contributed by atoms with Gasteiger partial charge in [-0.15, -0.1) is 0 Å². The van der Waals surface area contributed by atoms with Gasteiger partial charge in [0.1, 0.15) is 17.8 Å². The van der Waals surface area contributed by atoms with Crippen molar-refractivity contribution >= 4 is 18.3 Å². The molecule has 0 radical (unpaired) electrons. The molecule has 48 heavy (non-hydrogen) atoms. The molecule has 2 N–H and O–H groups in total. The van der Waals surface area contributed by atoms with E-state index >= 15 is 0 Å². The Bertz CT molecular complexity index is 1480. The predicted molar refractivity (Wildman–Crippen MR) is 170 cm³/mol. The Balaban J connectivity index is 1.63. The lowest BCUT2D eigenvalue weighted by Crippen LogP contribution is -2.35. The zero-order valence-electron chi connectivity index (χ0n) is 27.8. The Hall–Kier alpha value is -4.53. The van der Waals surface area contributed by atoms with Gasteiger partial charge in [0.25, 0.3) is 0 Å². The van der Waals surface area contributed by atoms with Crippen LogP contribution in [0.15, 0.2) is 78.9 Å². The smallest absolute Gasteiger partial charge is 0.460 e. The first-order valence-electron chi connectivity index (χ1n) is 15.1. The van der Waals surface area contributed by atoms with E-state index in [0.717, 1.165) is 0 Å². The first-order chi connectivity index (χ1) is 22.5. The third-order valence-corrected chi connectivity index (χ3v) is 5.84. The van der Waals surface area contributed by atoms with Crippen LogP contribution < -0.4 is 9.47 Å². The number of hydrogen-bond acceptors (Lipinski definition) is 13. The lowest BCUT2D eigenvalue weighted by molar-refractivity contribution is -0.377. The number of rotatable bonds is 14. The summed E-state index contributed by atoms with van der Waals surface area (Å²) in [6.07, 6.45) is -3.68. The van der Waals surface area contributed by atoms with Crippen LogP contribution >= 0.6 is 0 Å². The Labute approximate surface area is 279 Å². The average molecular weight is 671 g/mol. The molecule has 3 aromatic carbocycles. The van der Waals surface area contributed by atoms with Gasteiger partial charge in [-0.2, -0.15) is 0 Å². The molecule has 3 rings (SSSR count). The molecule has 0 heterocycles. The Kier molecular flexibility index (Phi) is 13.5. The fraction of sp³-hybridized carbons (Fsp3) is 0.400. The van der Waals surface area contributed by atoms with E-state index in [0.29, 0.717) is 5.56 Å². The van der Waals surface area contributed by atoms with Crippen LogP contribution in [-0.4, -0.2) is 66.1 Å². The number of carbonyl (C=O) groups excluding carboxylic acids is 3. The number of benzene rings is 3. The van der Waals surface area contributed by atoms with Crippen LogP contribution in [0.4, 0.5) is 9.59 Å². The van der Waals surface area contributed by atoms with Crippen molar-refractivity contribution < 1.29 is 62.5 Å². The van der Waals surface area contributed by atoms with Gasteiger partial charge in [-0.25, -0.2) is 14.4 Å². The van der Waals surface area contributed by atoms with E-state index in [1.807, 2.05) is 0 Å². The molecule has 0 saturated carbocycles. The number of aliphatic hydroxyl groups excluding tert-OH is 1. The van der Waals surface area contributed by atoms with Crippen LogP contribution in [0.3, 0.4) is 0 Å². The summed E-state index contributed by atoms with van der Waals surface area (Å²) in [6.45, 7) is 9.05. The maximum atomic E-state index is 12.4. The molecule has 3 aromatic rings. The van der Waals surface area contributed by atoms with Gasteiger partial charge in [-0.05, 0) is 71.9 Å². The molecule has 0 saturated heterocycles. The van der Waals surface area contributed by atoms with Crippen molar-refractivity contribution in [1.82, 2.24) is 0 Å². The summed E-state index contributed by atoms with van der Waals surface area (Å²) in [5.74, 6) is -3.20. The number of carbonyl (C=O) groups is 3. The fourth-order valence-corrected chi connectivity index (χ4v) is 3.83. The fourth-order valence-electron chi connectivity index (χ4n) is 3.83. The zero-order chi connectivity index (χ0) is 35.4. The molecule has 13 heteroatoms. The van der Waals surface area contributed by atoms with Gasteiger partial charge in [0.2, 0.25) is 0 Å². The molecule has 2 atom stereocenters. The maximum Gasteiger partial charge on any atom is 0.514 e. The molecule has 0 fully saturated rings. The number of aliphatic hydroxyl groups is 2. The van der Waals surface area contributed by atoms with Crippen molar-refractivity contribution in [3.8, 4) is 11.5 Å². The maximum absolute atomic E-state index is 12.4. The van der Waals surface area contributed by atoms with Crippen molar-refractivity contribution in [1.29, 1.82) is 0 Å². The SMILES string of the molecule is CC(C)(C)OC(=O)Oc1ccc(C(O)OCCOC(O)(OCCOC(=O)c2ccccc2)c2ccccc2)cc1OC(=O)OC(C)(C)C. The summed E-state index contributed by atoms with van der Waals surface area (Å²) < 4.78 is 42.8. The third-order valence-electron chi connectivity index (χ3n) is 5.84. The van der Waals surface area contributed by atoms with Crippen molar-refractivity contribution in [3.05, 3.63) is 95.6 Å². The van der Waals surface area contributed by atoms with Gasteiger partial charge in [-0.3, -0.25) is 0 Å². The lowest BCUT2D eigenvalue weighted by Gasteiger charge is -2.28. The summed E-state index contributed by atoms with van der Waals surface area (Å²) in [4.78, 5) is 36.9. The van der Waals surface area contributed by atoms with E-state index < -0.39 is 41.7 Å². The highest BCUT2D eigenvalue weighted by Gasteiger charge is 2.32. The van der Waals surface area contributed by atoms with Crippen LogP contribution in [0, 0.1) is 0 Å². The van der Waals surface area contributed by atoms with E-state index in [9.17, 15) is 24.6 Å². The summed E-state index contributed by atoms with van der Waals surface area (Å²) in [7, 11) is 0. The monoisotopic (exact) mass is 670 g/mol. The Morgan fingerprint density at radius 2 is 1.19 bits per heavy atom. The lowest BCUT2D eigenvalue weighted by atomic mass is 10.2. The standard InChI is InChI=1S/C35H42O13/c1-33(2,3)47-31(38)45-27-18-17-25(23-28(27)46-32(39)48-34(4,5)6)30(37)42-20-22-44-35(40,26-15-11-8-12-16-26)43-21-19-41-29(36)24-13-9-7-10-14-24/h7-18,23,30,37,40H,19-22H2,1-6H3. The zero-order valence-corrected chi connectivity index (χ0v) is 27.8. The van der Waals surface area contributed by atoms with Crippen molar-refractivity contribution in [3.63, 3.8) is 0 Å². The van der Waals surface area contributed by atoms with Gasteiger partial charge >= 0.3 is 24.3 Å². The average Bonchev–Trinajstić information content (AvgIpc) is 3.01. The van der Waals surface area contributed by atoms with Crippen molar-refractivity contribution in [2.24, 2.45) is 0 Å². The summed E-state index contributed by atoms with van der Waals surface area (Å²) in [5, 5.41) is 21.9. The van der Waals surface area contributed by atoms with Gasteiger partial charge in [0.15, 0.2) is 17.8 Å². The summed E-state index contributed by atoms with van der Waals surface area (Å²) in [5.41, 5.74) is -0.954. The molecule has 0 aromatic heterocycles. The second-order valence-corrected chi connectivity index (χ2v) is 12.2. The molecule has 0 aliphatic rings. The minimum atomic E-state index is -2.23. The number of hydrogen-bond donors (Lipinski definition) is 2. The molecule has 0 aliphatic carbocycles. The molecule has 2 unspecified atom stereocenters. The van der Waals surface area contributed by atoms with E-state index in [1.165, 1.54) is 18.2 Å². The summed E-state index contributed by atoms with van der Waals surface area (Å²) >= 11 is 0. The van der Waals surface area contributed by atoms with E-state index in [4.69, 9.17) is 37.9 Å². The molecule has 0 amide bonds. The molecular formula is C35H42O13. The number of esters is 1. The first-order valence-corrected chi connectivity index (χ1v) is 15.1. The van der Waals surface area contributed by atoms with Crippen molar-refractivity contribution in [2.75, 3.05) is 26.4 Å². The summed E-state index contributed by atoms with van der Waals surface area (Å²) in [6, 6.07) is 20.6. The molecule has 0 bridgehead atoms. The van der Waals surface area contributed by atoms with Gasteiger partial charge < -0.3 is 48.1 Å². The second-order valence-electron chi connectivity index (χ2n) is 12.2. The molecule has 260 valence electrons. The first kappa shape index (κ1) is 37.9. The van der Waals surface area contributed by atoms with Crippen LogP contribution in [0.5, 0.6) is 11.5 Å². The van der Waals surface area contributed by atoms with Crippen LogP contribution in [0.1, 0.15) is 69.3 Å². The third kappa shape index (κ3) is 12.9. The Morgan fingerprint density at radius 1 is 0.667 bits per heavy atom.